The number of nitrogens with one attached hydrogen (secondary N) is 2. The Morgan fingerprint density at radius 3 is 2.71 bits per heavy atom. The van der Waals surface area contributed by atoms with E-state index < -0.39 is 0 Å². The number of anilines is 1. The van der Waals surface area contributed by atoms with E-state index >= 15 is 0 Å². The molecule has 3 aliphatic carbocycles. The van der Waals surface area contributed by atoms with Crippen LogP contribution in [0, 0.1) is 11.3 Å². The van der Waals surface area contributed by atoms with E-state index in [4.69, 9.17) is 0 Å². The lowest BCUT2D eigenvalue weighted by atomic mass is 9.81. The summed E-state index contributed by atoms with van der Waals surface area (Å²) in [4.78, 5) is 36.4. The number of H-pyrrole nitrogens is 1. The molecule has 1 saturated carbocycles. The molecule has 6 rings (SSSR count). The normalized spacial score (nSPS) is 28.5. The van der Waals surface area contributed by atoms with Gasteiger partial charge in [-0.15, -0.1) is 0 Å². The third-order valence-corrected chi connectivity index (χ3v) is 8.70. The Balaban J connectivity index is 1.06. The molecule has 1 amide bonds. The Labute approximate surface area is 200 Å². The van der Waals surface area contributed by atoms with Crippen LogP contribution in [0.2, 0.25) is 0 Å². The minimum absolute atomic E-state index is 0.0430. The number of piperazine rings is 1. The van der Waals surface area contributed by atoms with Gasteiger partial charge in [0.05, 0.1) is 12.0 Å². The molecule has 3 atom stereocenters. The number of nitrogens with zero attached hydrogens (tertiary/aromatic N) is 3. The van der Waals surface area contributed by atoms with Crippen LogP contribution >= 0.6 is 0 Å². The molecule has 2 heterocycles. The Hall–Kier alpha value is -2.93. The van der Waals surface area contributed by atoms with Gasteiger partial charge in [0.2, 0.25) is 0 Å². The van der Waals surface area contributed by atoms with E-state index in [-0.39, 0.29) is 11.5 Å². The largest absolute Gasteiger partial charge is 0.369 e. The van der Waals surface area contributed by atoms with Crippen LogP contribution in [0.25, 0.3) is 0 Å². The summed E-state index contributed by atoms with van der Waals surface area (Å²) in [5.41, 5.74) is 5.86. The number of hydrogen-bond donors (Lipinski definition) is 2. The first-order chi connectivity index (χ1) is 16.6. The van der Waals surface area contributed by atoms with Gasteiger partial charge in [0.25, 0.3) is 11.5 Å². The van der Waals surface area contributed by atoms with Gasteiger partial charge in [0, 0.05) is 56.1 Å². The van der Waals surface area contributed by atoms with E-state index in [0.717, 1.165) is 50.3 Å². The van der Waals surface area contributed by atoms with Gasteiger partial charge in [0.15, 0.2) is 0 Å². The first-order valence-corrected chi connectivity index (χ1v) is 12.6. The Kier molecular flexibility index (Phi) is 5.32. The third-order valence-electron chi connectivity index (χ3n) is 8.70. The predicted molar refractivity (Wildman–Crippen MR) is 132 cm³/mol. The number of carbonyl (C=O) groups is 1. The fraction of sp³-hybridized carbons (Fsp3) is 0.519. The van der Waals surface area contributed by atoms with Crippen LogP contribution in [0.4, 0.5) is 5.69 Å². The number of hydrogen-bond acceptors (Lipinski definition) is 5. The van der Waals surface area contributed by atoms with Crippen LogP contribution < -0.4 is 15.8 Å². The van der Waals surface area contributed by atoms with Crippen LogP contribution in [-0.2, 0) is 12.8 Å². The van der Waals surface area contributed by atoms with Gasteiger partial charge in [-0.3, -0.25) is 14.5 Å². The second-order valence-electron chi connectivity index (χ2n) is 10.4. The van der Waals surface area contributed by atoms with Crippen molar-refractivity contribution in [3.8, 4) is 0 Å². The molecule has 1 saturated heterocycles. The van der Waals surface area contributed by atoms with E-state index in [2.05, 4.69) is 43.3 Å². The van der Waals surface area contributed by atoms with Crippen molar-refractivity contribution in [1.29, 1.82) is 0 Å². The smallest absolute Gasteiger partial charge is 0.254 e. The molecule has 2 N–H and O–H groups in total. The highest BCUT2D eigenvalue weighted by atomic mass is 16.1. The zero-order chi connectivity index (χ0) is 23.3. The Morgan fingerprint density at radius 2 is 1.94 bits per heavy atom. The zero-order valence-electron chi connectivity index (χ0n) is 19.8. The lowest BCUT2D eigenvalue weighted by Crippen LogP contribution is -2.49. The van der Waals surface area contributed by atoms with Gasteiger partial charge >= 0.3 is 0 Å². The molecule has 4 aliphatic rings. The summed E-state index contributed by atoms with van der Waals surface area (Å²) in [7, 11) is 1.66. The first-order valence-electron chi connectivity index (χ1n) is 12.6. The number of aromatic nitrogens is 2. The van der Waals surface area contributed by atoms with Crippen LogP contribution in [-0.4, -0.2) is 60.0 Å². The molecule has 1 aliphatic heterocycles. The number of fused-ring (bicyclic) bond motifs is 1. The summed E-state index contributed by atoms with van der Waals surface area (Å²) < 4.78 is 0. The highest BCUT2D eigenvalue weighted by molar-refractivity contribution is 5.94. The van der Waals surface area contributed by atoms with Gasteiger partial charge in [-0.25, -0.2) is 4.98 Å². The molecule has 178 valence electrons. The van der Waals surface area contributed by atoms with E-state index in [0.29, 0.717) is 22.9 Å². The fourth-order valence-corrected chi connectivity index (χ4v) is 6.60. The Bertz CT molecular complexity index is 1180. The second kappa shape index (κ2) is 8.38. The van der Waals surface area contributed by atoms with Crippen molar-refractivity contribution in [2.45, 2.75) is 44.6 Å². The number of rotatable bonds is 4. The molecule has 1 aromatic heterocycles. The number of allylic oxidation sites excluding steroid dienone is 1. The molecule has 0 bridgehead atoms. The fourth-order valence-electron chi connectivity index (χ4n) is 6.60. The average molecular weight is 460 g/mol. The summed E-state index contributed by atoms with van der Waals surface area (Å²) in [6.07, 6.45) is 10.8. The minimum Gasteiger partial charge on any atom is -0.369 e. The van der Waals surface area contributed by atoms with E-state index in [1.165, 1.54) is 31.4 Å². The zero-order valence-corrected chi connectivity index (χ0v) is 19.8. The van der Waals surface area contributed by atoms with Gasteiger partial charge in [-0.05, 0) is 74.1 Å². The number of aryl methyl sites for hydroxylation is 1. The van der Waals surface area contributed by atoms with Crippen molar-refractivity contribution >= 4 is 11.6 Å². The lowest BCUT2D eigenvalue weighted by Gasteiger charge is -2.38. The molecule has 7 heteroatoms. The average Bonchev–Trinajstić information content (AvgIpc) is 3.34. The van der Waals surface area contributed by atoms with Crippen LogP contribution in [0.1, 0.15) is 47.3 Å². The molecule has 7 nitrogen and oxygen atoms in total. The summed E-state index contributed by atoms with van der Waals surface area (Å²) in [6.45, 7) is 4.16. The van der Waals surface area contributed by atoms with Gasteiger partial charge in [-0.1, -0.05) is 11.6 Å². The topological polar surface area (TPSA) is 81.3 Å². The predicted octanol–water partition coefficient (Wildman–Crippen LogP) is 2.54. The lowest BCUT2D eigenvalue weighted by molar-refractivity contribution is 0.0963. The SMILES string of the molecule is CNC(=O)c1ccc(N2CCN([C@H]3C=C(C4CC45CCc4nc[nH]c(=O)c4C5)CC3)CC2)cc1. The maximum Gasteiger partial charge on any atom is 0.254 e. The van der Waals surface area contributed by atoms with Crippen molar-refractivity contribution < 1.29 is 4.79 Å². The molecule has 1 spiro atoms. The summed E-state index contributed by atoms with van der Waals surface area (Å²) >= 11 is 0. The van der Waals surface area contributed by atoms with Crippen molar-refractivity contribution in [2.24, 2.45) is 11.3 Å². The second-order valence-corrected chi connectivity index (χ2v) is 10.4. The summed E-state index contributed by atoms with van der Waals surface area (Å²) in [6, 6.07) is 8.48. The minimum atomic E-state index is -0.0430. The number of carbonyl (C=O) groups excluding carboxylic acids is 1. The third kappa shape index (κ3) is 3.76. The van der Waals surface area contributed by atoms with Gasteiger partial charge in [-0.2, -0.15) is 0 Å². The molecule has 34 heavy (non-hydrogen) atoms. The van der Waals surface area contributed by atoms with E-state index in [1.807, 2.05) is 12.1 Å². The molecule has 0 radical (unpaired) electrons. The van der Waals surface area contributed by atoms with Crippen LogP contribution in [0.3, 0.4) is 0 Å². The van der Waals surface area contributed by atoms with Crippen molar-refractivity contribution in [2.75, 3.05) is 38.1 Å². The quantitative estimate of drug-likeness (QED) is 0.687. The molecular weight excluding hydrogens is 426 g/mol. The van der Waals surface area contributed by atoms with E-state index in [9.17, 15) is 9.59 Å². The Morgan fingerprint density at radius 1 is 1.15 bits per heavy atom. The van der Waals surface area contributed by atoms with Crippen molar-refractivity contribution in [1.82, 2.24) is 20.2 Å². The van der Waals surface area contributed by atoms with Gasteiger partial charge in [0.1, 0.15) is 0 Å². The molecule has 2 unspecified atom stereocenters. The summed E-state index contributed by atoms with van der Waals surface area (Å²) in [5.74, 6) is 0.615. The van der Waals surface area contributed by atoms with Crippen molar-refractivity contribution in [3.63, 3.8) is 0 Å². The van der Waals surface area contributed by atoms with Crippen LogP contribution in [0.15, 0.2) is 47.0 Å². The molecule has 2 aromatic rings. The maximum atomic E-state index is 12.3. The van der Waals surface area contributed by atoms with Crippen LogP contribution in [0.5, 0.6) is 0 Å². The van der Waals surface area contributed by atoms with Gasteiger partial charge < -0.3 is 15.2 Å². The standard InChI is InChI=1S/C27H33N5O2/c1-28-25(33)18-2-5-20(6-3-18)31-10-12-32(13-11-31)21-7-4-19(14-21)23-16-27(23)9-8-24-22(15-27)26(34)30-17-29-24/h2-3,5-6,14,17,21,23H,4,7-13,15-16H2,1H3,(H,28,33)(H,29,30,34)/t21-,23?,27?/m1/s1. The number of amides is 1. The molecule has 2 fully saturated rings. The first kappa shape index (κ1) is 21.6. The maximum absolute atomic E-state index is 12.3. The number of benzene rings is 1. The van der Waals surface area contributed by atoms with Crippen molar-refractivity contribution in [3.05, 3.63) is 69.4 Å². The molecular formula is C27H33N5O2. The van der Waals surface area contributed by atoms with E-state index in [1.54, 1.807) is 18.9 Å². The molecule has 1 aromatic carbocycles. The number of aromatic amines is 1. The monoisotopic (exact) mass is 459 g/mol. The summed E-state index contributed by atoms with van der Waals surface area (Å²) in [5, 5.41) is 2.68. The highest BCUT2D eigenvalue weighted by Crippen LogP contribution is 2.63. The highest BCUT2D eigenvalue weighted by Gasteiger charge is 2.57.